The predicted octanol–water partition coefficient (Wildman–Crippen LogP) is 5.23. The van der Waals surface area contributed by atoms with Crippen LogP contribution in [0.1, 0.15) is 51.3 Å². The van der Waals surface area contributed by atoms with Crippen LogP contribution < -0.4 is 14.4 Å². The van der Waals surface area contributed by atoms with E-state index in [1.165, 1.54) is 17.0 Å². The average molecular weight is 580 g/mol. The molecule has 0 fully saturated rings. The maximum atomic E-state index is 14.2. The fraction of sp³-hybridized carbons (Fsp3) is 0.375. The van der Waals surface area contributed by atoms with Gasteiger partial charge in [0.1, 0.15) is 18.3 Å². The number of sulfonamides is 1. The molecule has 0 heterocycles. The first-order chi connectivity index (χ1) is 19.2. The summed E-state index contributed by atoms with van der Waals surface area (Å²) in [5, 5.41) is 2.94. The maximum absolute atomic E-state index is 14.2. The van der Waals surface area contributed by atoms with Gasteiger partial charge in [-0.05, 0) is 83.9 Å². The van der Waals surface area contributed by atoms with Crippen LogP contribution in [0, 0.1) is 13.8 Å². The Kier molecular flexibility index (Phi) is 10.2. The van der Waals surface area contributed by atoms with E-state index in [1.54, 1.807) is 50.2 Å². The number of para-hydroxylation sites is 2. The molecule has 220 valence electrons. The Bertz CT molecular complexity index is 1460. The molecule has 0 aliphatic carbocycles. The standard InChI is InChI=1S/C32H41N3O5S/c1-8-40-29-16-12-11-15-28(29)35(41(38,39)27-19-17-23(2)18-20-27)22-30(36)34(21-26-14-10-9-13-24(26)3)25(4)31(37)33-32(5,6)7/h9-20,25H,8,21-22H2,1-7H3,(H,33,37)/t25-/m0/s1. The summed E-state index contributed by atoms with van der Waals surface area (Å²) < 4.78 is 35.0. The molecular weight excluding hydrogens is 538 g/mol. The fourth-order valence-corrected chi connectivity index (χ4v) is 5.74. The average Bonchev–Trinajstić information content (AvgIpc) is 2.90. The normalized spacial score (nSPS) is 12.4. The van der Waals surface area contributed by atoms with Crippen LogP contribution in [-0.4, -0.2) is 49.9 Å². The predicted molar refractivity (Wildman–Crippen MR) is 162 cm³/mol. The van der Waals surface area contributed by atoms with E-state index in [-0.39, 0.29) is 23.0 Å². The van der Waals surface area contributed by atoms with E-state index in [0.717, 1.165) is 21.0 Å². The molecule has 1 N–H and O–H groups in total. The van der Waals surface area contributed by atoms with E-state index in [4.69, 9.17) is 4.74 Å². The van der Waals surface area contributed by atoms with Crippen LogP contribution in [0.4, 0.5) is 5.69 Å². The minimum atomic E-state index is -4.19. The van der Waals surface area contributed by atoms with Gasteiger partial charge in [-0.25, -0.2) is 8.42 Å². The number of amides is 2. The molecule has 0 unspecified atom stereocenters. The van der Waals surface area contributed by atoms with Crippen molar-refractivity contribution >= 4 is 27.5 Å². The van der Waals surface area contributed by atoms with Gasteiger partial charge in [0.05, 0.1) is 17.2 Å². The Morgan fingerprint density at radius 1 is 0.927 bits per heavy atom. The van der Waals surface area contributed by atoms with Crippen LogP contribution >= 0.6 is 0 Å². The van der Waals surface area contributed by atoms with E-state index in [9.17, 15) is 18.0 Å². The highest BCUT2D eigenvalue weighted by Crippen LogP contribution is 2.33. The molecule has 0 saturated heterocycles. The number of carbonyl (C=O) groups is 2. The Morgan fingerprint density at radius 2 is 1.54 bits per heavy atom. The summed E-state index contributed by atoms with van der Waals surface area (Å²) in [4.78, 5) is 28.9. The highest BCUT2D eigenvalue weighted by molar-refractivity contribution is 7.92. The van der Waals surface area contributed by atoms with Crippen molar-refractivity contribution in [3.05, 3.63) is 89.5 Å². The molecule has 0 aromatic heterocycles. The minimum absolute atomic E-state index is 0.0474. The van der Waals surface area contributed by atoms with Gasteiger partial charge in [0.2, 0.25) is 11.8 Å². The van der Waals surface area contributed by atoms with Gasteiger partial charge in [-0.15, -0.1) is 0 Å². The van der Waals surface area contributed by atoms with Crippen molar-refractivity contribution in [1.82, 2.24) is 10.2 Å². The number of benzene rings is 3. The van der Waals surface area contributed by atoms with Crippen molar-refractivity contribution in [2.75, 3.05) is 17.5 Å². The zero-order chi connectivity index (χ0) is 30.4. The van der Waals surface area contributed by atoms with E-state index in [2.05, 4.69) is 5.32 Å². The van der Waals surface area contributed by atoms with Crippen LogP contribution in [0.15, 0.2) is 77.7 Å². The van der Waals surface area contributed by atoms with Gasteiger partial charge in [0, 0.05) is 12.1 Å². The van der Waals surface area contributed by atoms with Crippen LogP contribution in [0.3, 0.4) is 0 Å². The van der Waals surface area contributed by atoms with Crippen molar-refractivity contribution < 1.29 is 22.7 Å². The lowest BCUT2D eigenvalue weighted by Gasteiger charge is -2.34. The van der Waals surface area contributed by atoms with Crippen LogP contribution in [0.25, 0.3) is 0 Å². The van der Waals surface area contributed by atoms with Gasteiger partial charge in [0.15, 0.2) is 0 Å². The number of rotatable bonds is 11. The Balaban J connectivity index is 2.10. The van der Waals surface area contributed by atoms with Crippen LogP contribution in [0.2, 0.25) is 0 Å². The minimum Gasteiger partial charge on any atom is -0.492 e. The fourth-order valence-electron chi connectivity index (χ4n) is 4.32. The SMILES string of the molecule is CCOc1ccccc1N(CC(=O)N(Cc1ccccc1C)[C@@H](C)C(=O)NC(C)(C)C)S(=O)(=O)c1ccc(C)cc1. The second-order valence-electron chi connectivity index (χ2n) is 11.1. The maximum Gasteiger partial charge on any atom is 0.264 e. The first-order valence-electron chi connectivity index (χ1n) is 13.7. The van der Waals surface area contributed by atoms with Gasteiger partial charge in [-0.1, -0.05) is 54.1 Å². The number of carbonyl (C=O) groups excluding carboxylic acids is 2. The van der Waals surface area contributed by atoms with E-state index >= 15 is 0 Å². The van der Waals surface area contributed by atoms with Gasteiger partial charge >= 0.3 is 0 Å². The Morgan fingerprint density at radius 3 is 2.15 bits per heavy atom. The summed E-state index contributed by atoms with van der Waals surface area (Å²) in [6.07, 6.45) is 0. The summed E-state index contributed by atoms with van der Waals surface area (Å²) >= 11 is 0. The number of hydrogen-bond acceptors (Lipinski definition) is 5. The van der Waals surface area contributed by atoms with Crippen molar-refractivity contribution in [3.63, 3.8) is 0 Å². The molecule has 41 heavy (non-hydrogen) atoms. The molecule has 9 heteroatoms. The summed E-state index contributed by atoms with van der Waals surface area (Å²) in [5.41, 5.74) is 2.45. The Labute approximate surface area is 244 Å². The lowest BCUT2D eigenvalue weighted by molar-refractivity contribution is -0.140. The number of anilines is 1. The molecule has 3 aromatic rings. The quantitative estimate of drug-likeness (QED) is 0.336. The second-order valence-corrected chi connectivity index (χ2v) is 13.0. The Hall–Kier alpha value is -3.85. The highest BCUT2D eigenvalue weighted by atomic mass is 32.2. The summed E-state index contributed by atoms with van der Waals surface area (Å²) in [7, 11) is -4.19. The zero-order valence-corrected chi connectivity index (χ0v) is 25.8. The highest BCUT2D eigenvalue weighted by Gasteiger charge is 2.34. The van der Waals surface area contributed by atoms with Crippen molar-refractivity contribution in [2.45, 2.75) is 71.5 Å². The zero-order valence-electron chi connectivity index (χ0n) is 25.0. The van der Waals surface area contributed by atoms with Crippen molar-refractivity contribution in [1.29, 1.82) is 0 Å². The molecule has 0 aliphatic rings. The molecule has 2 amide bonds. The molecule has 3 aromatic carbocycles. The molecule has 0 radical (unpaired) electrons. The monoisotopic (exact) mass is 579 g/mol. The van der Waals surface area contributed by atoms with Crippen LogP contribution in [0.5, 0.6) is 5.75 Å². The summed E-state index contributed by atoms with van der Waals surface area (Å²) in [5.74, 6) is -0.517. The molecule has 0 bridgehead atoms. The van der Waals surface area contributed by atoms with E-state index < -0.39 is 34.1 Å². The summed E-state index contributed by atoms with van der Waals surface area (Å²) in [6, 6.07) is 19.9. The number of aryl methyl sites for hydroxylation is 2. The number of nitrogens with zero attached hydrogens (tertiary/aromatic N) is 2. The van der Waals surface area contributed by atoms with E-state index in [1.807, 2.05) is 58.9 Å². The smallest absolute Gasteiger partial charge is 0.264 e. The lowest BCUT2D eigenvalue weighted by atomic mass is 10.1. The third-order valence-electron chi connectivity index (χ3n) is 6.59. The van der Waals surface area contributed by atoms with Crippen molar-refractivity contribution in [2.24, 2.45) is 0 Å². The van der Waals surface area contributed by atoms with Crippen molar-refractivity contribution in [3.8, 4) is 5.75 Å². The van der Waals surface area contributed by atoms with Gasteiger partial charge in [0.25, 0.3) is 10.0 Å². The van der Waals surface area contributed by atoms with E-state index in [0.29, 0.717) is 12.4 Å². The summed E-state index contributed by atoms with van der Waals surface area (Å²) in [6.45, 7) is 12.8. The topological polar surface area (TPSA) is 96.0 Å². The first kappa shape index (κ1) is 31.7. The molecule has 1 atom stereocenters. The molecule has 3 rings (SSSR count). The lowest BCUT2D eigenvalue weighted by Crippen LogP contribution is -2.54. The molecule has 0 aliphatic heterocycles. The van der Waals surface area contributed by atoms with Crippen LogP contribution in [-0.2, 0) is 26.2 Å². The second kappa shape index (κ2) is 13.2. The largest absolute Gasteiger partial charge is 0.492 e. The molecular formula is C32H41N3O5S. The number of ether oxygens (including phenoxy) is 1. The number of nitrogens with one attached hydrogen (secondary N) is 1. The third kappa shape index (κ3) is 8.10. The van der Waals surface area contributed by atoms with Gasteiger partial charge < -0.3 is 15.0 Å². The molecule has 0 spiro atoms. The third-order valence-corrected chi connectivity index (χ3v) is 8.36. The first-order valence-corrected chi connectivity index (χ1v) is 15.2. The molecule has 8 nitrogen and oxygen atoms in total. The van der Waals surface area contributed by atoms with Gasteiger partial charge in [-0.2, -0.15) is 0 Å². The van der Waals surface area contributed by atoms with Gasteiger partial charge in [-0.3, -0.25) is 13.9 Å². The number of hydrogen-bond donors (Lipinski definition) is 1. The molecule has 0 saturated carbocycles.